The van der Waals surface area contributed by atoms with Crippen molar-refractivity contribution in [1.29, 1.82) is 0 Å². The average Bonchev–Trinajstić information content (AvgIpc) is 2.10. The van der Waals surface area contributed by atoms with Crippen LogP contribution in [0.1, 0.15) is 12.5 Å². The van der Waals surface area contributed by atoms with Gasteiger partial charge in [-0.1, -0.05) is 0 Å². The van der Waals surface area contributed by atoms with Gasteiger partial charge in [-0.2, -0.15) is 0 Å². The van der Waals surface area contributed by atoms with Gasteiger partial charge < -0.3 is 10.8 Å². The SMILES string of the molecule is CC(N)(Cc1cc(F)ccc1O)C(F)F. The maximum absolute atomic E-state index is 12.8. The van der Waals surface area contributed by atoms with Gasteiger partial charge in [-0.15, -0.1) is 0 Å². The van der Waals surface area contributed by atoms with E-state index in [-0.39, 0.29) is 17.7 Å². The first-order valence-electron chi connectivity index (χ1n) is 4.37. The third-order valence-corrected chi connectivity index (χ3v) is 2.11. The van der Waals surface area contributed by atoms with E-state index in [4.69, 9.17) is 5.73 Å². The number of halogens is 3. The Morgan fingerprint density at radius 1 is 1.47 bits per heavy atom. The van der Waals surface area contributed by atoms with E-state index in [9.17, 15) is 18.3 Å². The van der Waals surface area contributed by atoms with Crippen LogP contribution in [-0.4, -0.2) is 17.1 Å². The molecule has 0 saturated carbocycles. The minimum atomic E-state index is -2.74. The van der Waals surface area contributed by atoms with E-state index in [1.165, 1.54) is 0 Å². The van der Waals surface area contributed by atoms with E-state index in [0.29, 0.717) is 0 Å². The Balaban J connectivity index is 2.94. The van der Waals surface area contributed by atoms with Crippen LogP contribution in [0.4, 0.5) is 13.2 Å². The lowest BCUT2D eigenvalue weighted by Crippen LogP contribution is -2.45. The molecule has 0 aliphatic rings. The molecule has 1 aromatic rings. The molecule has 1 rings (SSSR count). The van der Waals surface area contributed by atoms with Crippen LogP contribution in [0.15, 0.2) is 18.2 Å². The highest BCUT2D eigenvalue weighted by atomic mass is 19.3. The van der Waals surface area contributed by atoms with Crippen molar-refractivity contribution in [3.63, 3.8) is 0 Å². The highest BCUT2D eigenvalue weighted by molar-refractivity contribution is 5.34. The number of benzene rings is 1. The number of phenolic OH excluding ortho intramolecular Hbond substituents is 1. The van der Waals surface area contributed by atoms with Crippen LogP contribution < -0.4 is 5.73 Å². The minimum absolute atomic E-state index is 0.0836. The second kappa shape index (κ2) is 4.10. The number of nitrogens with two attached hydrogens (primary N) is 1. The van der Waals surface area contributed by atoms with E-state index >= 15 is 0 Å². The Morgan fingerprint density at radius 2 is 2.07 bits per heavy atom. The highest BCUT2D eigenvalue weighted by Crippen LogP contribution is 2.25. The second-order valence-electron chi connectivity index (χ2n) is 3.76. The van der Waals surface area contributed by atoms with Crippen LogP contribution in [0.2, 0.25) is 0 Å². The van der Waals surface area contributed by atoms with Crippen molar-refractivity contribution in [3.8, 4) is 5.75 Å². The lowest BCUT2D eigenvalue weighted by molar-refractivity contribution is 0.0636. The molecule has 2 nitrogen and oxygen atoms in total. The van der Waals surface area contributed by atoms with Gasteiger partial charge in [-0.05, 0) is 37.1 Å². The molecular formula is C10H12F3NO. The Bertz CT molecular complexity index is 353. The smallest absolute Gasteiger partial charge is 0.256 e. The van der Waals surface area contributed by atoms with Crippen LogP contribution in [0.25, 0.3) is 0 Å². The molecule has 0 heterocycles. The highest BCUT2D eigenvalue weighted by Gasteiger charge is 2.31. The summed E-state index contributed by atoms with van der Waals surface area (Å²) in [5.74, 6) is -0.818. The molecule has 15 heavy (non-hydrogen) atoms. The number of phenols is 1. The Hall–Kier alpha value is -1.23. The zero-order valence-electron chi connectivity index (χ0n) is 8.17. The monoisotopic (exact) mass is 219 g/mol. The summed E-state index contributed by atoms with van der Waals surface area (Å²) in [6, 6.07) is 3.17. The fourth-order valence-electron chi connectivity index (χ4n) is 1.18. The molecule has 0 spiro atoms. The number of alkyl halides is 2. The number of hydrogen-bond acceptors (Lipinski definition) is 2. The molecule has 0 aliphatic heterocycles. The van der Waals surface area contributed by atoms with E-state index in [2.05, 4.69) is 0 Å². The van der Waals surface area contributed by atoms with Gasteiger partial charge in [0.1, 0.15) is 11.6 Å². The van der Waals surface area contributed by atoms with Crippen molar-refractivity contribution in [1.82, 2.24) is 0 Å². The first kappa shape index (κ1) is 11.8. The molecule has 1 unspecified atom stereocenters. The quantitative estimate of drug-likeness (QED) is 0.817. The number of rotatable bonds is 3. The predicted molar refractivity (Wildman–Crippen MR) is 50.4 cm³/mol. The molecule has 0 radical (unpaired) electrons. The van der Waals surface area contributed by atoms with E-state index in [1.807, 2.05) is 0 Å². The molecule has 1 atom stereocenters. The standard InChI is InChI=1S/C10H12F3NO/c1-10(14,9(12)13)5-6-4-7(11)2-3-8(6)15/h2-4,9,15H,5,14H2,1H3. The maximum atomic E-state index is 12.8. The normalized spacial score (nSPS) is 15.3. The third-order valence-electron chi connectivity index (χ3n) is 2.11. The van der Waals surface area contributed by atoms with E-state index < -0.39 is 17.8 Å². The lowest BCUT2D eigenvalue weighted by atomic mass is 9.94. The average molecular weight is 219 g/mol. The van der Waals surface area contributed by atoms with Gasteiger partial charge in [0, 0.05) is 0 Å². The molecule has 1 aromatic carbocycles. The lowest BCUT2D eigenvalue weighted by Gasteiger charge is -2.23. The van der Waals surface area contributed by atoms with Crippen molar-refractivity contribution < 1.29 is 18.3 Å². The summed E-state index contributed by atoms with van der Waals surface area (Å²) in [5, 5.41) is 9.31. The minimum Gasteiger partial charge on any atom is -0.508 e. The van der Waals surface area contributed by atoms with Crippen molar-refractivity contribution >= 4 is 0 Å². The van der Waals surface area contributed by atoms with Crippen molar-refractivity contribution in [3.05, 3.63) is 29.6 Å². The summed E-state index contributed by atoms with van der Waals surface area (Å²) < 4.78 is 37.6. The fraction of sp³-hybridized carbons (Fsp3) is 0.400. The topological polar surface area (TPSA) is 46.2 Å². The Morgan fingerprint density at radius 3 is 2.60 bits per heavy atom. The second-order valence-corrected chi connectivity index (χ2v) is 3.76. The molecule has 84 valence electrons. The third kappa shape index (κ3) is 2.86. The molecular weight excluding hydrogens is 207 g/mol. The molecule has 0 bridgehead atoms. The first-order chi connectivity index (χ1) is 6.83. The van der Waals surface area contributed by atoms with E-state index in [0.717, 1.165) is 25.1 Å². The van der Waals surface area contributed by atoms with Crippen LogP contribution in [0, 0.1) is 5.82 Å². The fourth-order valence-corrected chi connectivity index (χ4v) is 1.18. The van der Waals surface area contributed by atoms with Crippen molar-refractivity contribution in [2.45, 2.75) is 25.3 Å². The van der Waals surface area contributed by atoms with Crippen LogP contribution in [-0.2, 0) is 6.42 Å². The van der Waals surface area contributed by atoms with Crippen LogP contribution >= 0.6 is 0 Å². The number of hydrogen-bond donors (Lipinski definition) is 2. The molecule has 5 heteroatoms. The van der Waals surface area contributed by atoms with Crippen molar-refractivity contribution in [2.75, 3.05) is 0 Å². The summed E-state index contributed by atoms with van der Waals surface area (Å²) in [7, 11) is 0. The number of aromatic hydroxyl groups is 1. The predicted octanol–water partition coefficient (Wildman–Crippen LogP) is 2.06. The molecule has 3 N–H and O–H groups in total. The first-order valence-corrected chi connectivity index (χ1v) is 4.37. The van der Waals surface area contributed by atoms with Gasteiger partial charge in [0.05, 0.1) is 5.54 Å². The molecule has 0 amide bonds. The van der Waals surface area contributed by atoms with Gasteiger partial charge in [0.2, 0.25) is 0 Å². The molecule has 0 fully saturated rings. The van der Waals surface area contributed by atoms with Gasteiger partial charge in [0.15, 0.2) is 0 Å². The van der Waals surface area contributed by atoms with Gasteiger partial charge in [-0.3, -0.25) is 0 Å². The molecule has 0 aliphatic carbocycles. The molecule has 0 aromatic heterocycles. The summed E-state index contributed by atoms with van der Waals surface area (Å²) in [5.41, 5.74) is 3.64. The summed E-state index contributed by atoms with van der Waals surface area (Å²) in [6.07, 6.45) is -3.02. The molecule has 0 saturated heterocycles. The largest absolute Gasteiger partial charge is 0.508 e. The zero-order valence-corrected chi connectivity index (χ0v) is 8.17. The summed E-state index contributed by atoms with van der Waals surface area (Å²) >= 11 is 0. The van der Waals surface area contributed by atoms with Gasteiger partial charge in [0.25, 0.3) is 6.43 Å². The maximum Gasteiger partial charge on any atom is 0.256 e. The van der Waals surface area contributed by atoms with Crippen LogP contribution in [0.3, 0.4) is 0 Å². The van der Waals surface area contributed by atoms with E-state index in [1.54, 1.807) is 0 Å². The van der Waals surface area contributed by atoms with Crippen LogP contribution in [0.5, 0.6) is 5.75 Å². The zero-order chi connectivity index (χ0) is 11.6. The van der Waals surface area contributed by atoms with Gasteiger partial charge in [-0.25, -0.2) is 13.2 Å². The summed E-state index contributed by atoms with van der Waals surface area (Å²) in [4.78, 5) is 0. The van der Waals surface area contributed by atoms with Crippen molar-refractivity contribution in [2.24, 2.45) is 5.73 Å². The Labute approximate surface area is 85.5 Å². The summed E-state index contributed by atoms with van der Waals surface area (Å²) in [6.45, 7) is 1.15. The Kier molecular flexibility index (Phi) is 3.24. The van der Waals surface area contributed by atoms with Gasteiger partial charge >= 0.3 is 0 Å².